The normalized spacial score (nSPS) is 14.9. The maximum atomic E-state index is 12.6. The molecule has 1 aliphatic heterocycles. The number of anilines is 1. The van der Waals surface area contributed by atoms with Crippen molar-refractivity contribution < 1.29 is 14.3 Å². The van der Waals surface area contributed by atoms with E-state index in [1.54, 1.807) is 29.5 Å². The van der Waals surface area contributed by atoms with E-state index in [9.17, 15) is 9.59 Å². The monoisotopic (exact) mass is 397 g/mol. The van der Waals surface area contributed by atoms with Crippen molar-refractivity contribution in [1.82, 2.24) is 9.97 Å². The third kappa shape index (κ3) is 3.13. The van der Waals surface area contributed by atoms with Gasteiger partial charge in [-0.1, -0.05) is 0 Å². The van der Waals surface area contributed by atoms with Gasteiger partial charge in [-0.05, 0) is 43.4 Å². The van der Waals surface area contributed by atoms with E-state index in [4.69, 9.17) is 9.47 Å². The minimum atomic E-state index is -0.146. The van der Waals surface area contributed by atoms with E-state index in [0.717, 1.165) is 29.5 Å². The third-order valence-corrected chi connectivity index (χ3v) is 6.30. The molecule has 2 aliphatic rings. The number of aryl methyl sites for hydroxylation is 3. The van der Waals surface area contributed by atoms with Crippen molar-refractivity contribution in [3.8, 4) is 11.5 Å². The standard InChI is InChI=1S/C20H19N3O4S/c24-17(21-11-5-6-13-14(9-11)27-10-26-13)8-7-16-22-19(25)18-12-3-1-2-4-15(12)28-20(18)23-16/h5-6,9H,1-4,7-8,10H2,(H,21,24)(H,22,23,25). The van der Waals surface area contributed by atoms with Gasteiger partial charge in [0.05, 0.1) is 5.39 Å². The molecule has 0 saturated heterocycles. The van der Waals surface area contributed by atoms with Gasteiger partial charge in [-0.2, -0.15) is 0 Å². The van der Waals surface area contributed by atoms with Crippen LogP contribution in [0.2, 0.25) is 0 Å². The topological polar surface area (TPSA) is 93.3 Å². The highest BCUT2D eigenvalue weighted by Gasteiger charge is 2.20. The van der Waals surface area contributed by atoms with Crippen molar-refractivity contribution in [2.45, 2.75) is 38.5 Å². The van der Waals surface area contributed by atoms with E-state index < -0.39 is 0 Å². The maximum Gasteiger partial charge on any atom is 0.259 e. The first-order valence-electron chi connectivity index (χ1n) is 9.40. The van der Waals surface area contributed by atoms with E-state index in [0.29, 0.717) is 29.4 Å². The number of H-pyrrole nitrogens is 1. The van der Waals surface area contributed by atoms with Crippen LogP contribution < -0.4 is 20.3 Å². The molecule has 2 N–H and O–H groups in total. The number of carbonyl (C=O) groups excluding carboxylic acids is 1. The molecule has 0 spiro atoms. The fourth-order valence-electron chi connectivity index (χ4n) is 3.76. The minimum Gasteiger partial charge on any atom is -0.454 e. The lowest BCUT2D eigenvalue weighted by molar-refractivity contribution is -0.116. The van der Waals surface area contributed by atoms with Gasteiger partial charge < -0.3 is 19.8 Å². The molecule has 0 unspecified atom stereocenters. The molecule has 3 heterocycles. The molecule has 5 rings (SSSR count). The van der Waals surface area contributed by atoms with Crippen LogP contribution in [-0.4, -0.2) is 22.7 Å². The summed E-state index contributed by atoms with van der Waals surface area (Å²) in [6.45, 7) is 0.195. The Morgan fingerprint density at radius 3 is 3.00 bits per heavy atom. The Bertz CT molecular complexity index is 1130. The second-order valence-corrected chi connectivity index (χ2v) is 8.10. The van der Waals surface area contributed by atoms with E-state index >= 15 is 0 Å². The van der Waals surface area contributed by atoms with Gasteiger partial charge in [0.2, 0.25) is 12.7 Å². The average Bonchev–Trinajstić information content (AvgIpc) is 3.30. The summed E-state index contributed by atoms with van der Waals surface area (Å²) in [7, 11) is 0. The Labute approximate surface area is 164 Å². The molecule has 0 saturated carbocycles. The first-order chi connectivity index (χ1) is 13.7. The Morgan fingerprint density at radius 1 is 1.21 bits per heavy atom. The number of hydrogen-bond acceptors (Lipinski definition) is 6. The van der Waals surface area contributed by atoms with E-state index in [2.05, 4.69) is 15.3 Å². The number of aromatic amines is 1. The number of aromatic nitrogens is 2. The van der Waals surface area contributed by atoms with Crippen LogP contribution in [0.5, 0.6) is 11.5 Å². The molecule has 8 heteroatoms. The second kappa shape index (κ2) is 6.94. The third-order valence-electron chi connectivity index (χ3n) is 5.12. The highest BCUT2D eigenvalue weighted by atomic mass is 32.1. The number of rotatable bonds is 4. The molecule has 3 aromatic rings. The van der Waals surface area contributed by atoms with Crippen molar-refractivity contribution in [3.63, 3.8) is 0 Å². The lowest BCUT2D eigenvalue weighted by atomic mass is 9.97. The van der Waals surface area contributed by atoms with Gasteiger partial charge in [0.1, 0.15) is 10.7 Å². The molecule has 0 bridgehead atoms. The van der Waals surface area contributed by atoms with E-state index in [1.165, 1.54) is 16.9 Å². The zero-order chi connectivity index (χ0) is 19.1. The van der Waals surface area contributed by atoms with Crippen LogP contribution in [0.1, 0.15) is 35.5 Å². The number of hydrogen-bond donors (Lipinski definition) is 2. The SMILES string of the molecule is O=C(CCc1nc2sc3c(c2c(=O)[nH]1)CCCC3)Nc1ccc2c(c1)OCO2. The Kier molecular flexibility index (Phi) is 4.27. The molecule has 0 radical (unpaired) electrons. The van der Waals surface area contributed by atoms with Gasteiger partial charge in [-0.15, -0.1) is 11.3 Å². The molecule has 1 aliphatic carbocycles. The molecule has 0 fully saturated rings. The van der Waals surface area contributed by atoms with Gasteiger partial charge in [0, 0.05) is 29.5 Å². The van der Waals surface area contributed by atoms with Crippen LogP contribution in [0, 0.1) is 0 Å². The smallest absolute Gasteiger partial charge is 0.259 e. The zero-order valence-corrected chi connectivity index (χ0v) is 16.0. The van der Waals surface area contributed by atoms with Gasteiger partial charge in [-0.25, -0.2) is 4.98 Å². The molecule has 7 nitrogen and oxygen atoms in total. The Morgan fingerprint density at radius 2 is 2.07 bits per heavy atom. The summed E-state index contributed by atoms with van der Waals surface area (Å²) in [5.74, 6) is 1.70. The zero-order valence-electron chi connectivity index (χ0n) is 15.2. The quantitative estimate of drug-likeness (QED) is 0.705. The Balaban J connectivity index is 1.29. The fraction of sp³-hybridized carbons (Fsp3) is 0.350. The number of nitrogens with zero attached hydrogens (tertiary/aromatic N) is 1. The highest BCUT2D eigenvalue weighted by Crippen LogP contribution is 2.35. The largest absolute Gasteiger partial charge is 0.454 e. The van der Waals surface area contributed by atoms with Crippen LogP contribution in [0.4, 0.5) is 5.69 Å². The first kappa shape index (κ1) is 17.2. The van der Waals surface area contributed by atoms with Gasteiger partial charge in [0.25, 0.3) is 5.56 Å². The van der Waals surface area contributed by atoms with Gasteiger partial charge >= 0.3 is 0 Å². The van der Waals surface area contributed by atoms with Crippen LogP contribution in [-0.2, 0) is 24.1 Å². The fourth-order valence-corrected chi connectivity index (χ4v) is 5.04. The number of carbonyl (C=O) groups is 1. The number of ether oxygens (including phenoxy) is 2. The molecule has 2 aromatic heterocycles. The van der Waals surface area contributed by atoms with Gasteiger partial charge in [-0.3, -0.25) is 9.59 Å². The highest BCUT2D eigenvalue weighted by molar-refractivity contribution is 7.18. The van der Waals surface area contributed by atoms with Crippen molar-refractivity contribution >= 4 is 33.1 Å². The summed E-state index contributed by atoms with van der Waals surface area (Å²) in [4.78, 5) is 34.4. The molecular weight excluding hydrogens is 378 g/mol. The second-order valence-electron chi connectivity index (χ2n) is 7.02. The number of nitrogens with one attached hydrogen (secondary N) is 2. The van der Waals surface area contributed by atoms with E-state index in [-0.39, 0.29) is 24.7 Å². The summed E-state index contributed by atoms with van der Waals surface area (Å²) in [5.41, 5.74) is 1.74. The van der Waals surface area contributed by atoms with Crippen LogP contribution >= 0.6 is 11.3 Å². The summed E-state index contributed by atoms with van der Waals surface area (Å²) in [6, 6.07) is 5.28. The predicted molar refractivity (Wildman–Crippen MR) is 106 cm³/mol. The summed E-state index contributed by atoms with van der Waals surface area (Å²) in [6.07, 6.45) is 4.89. The van der Waals surface area contributed by atoms with Crippen LogP contribution in [0.15, 0.2) is 23.0 Å². The average molecular weight is 397 g/mol. The molecule has 144 valence electrons. The Hall–Kier alpha value is -2.87. The lowest BCUT2D eigenvalue weighted by Gasteiger charge is -2.09. The molecule has 28 heavy (non-hydrogen) atoms. The van der Waals surface area contributed by atoms with Gasteiger partial charge in [0.15, 0.2) is 11.5 Å². The summed E-state index contributed by atoms with van der Waals surface area (Å²) in [5, 5.41) is 3.59. The number of benzene rings is 1. The van der Waals surface area contributed by atoms with Crippen molar-refractivity contribution in [2.75, 3.05) is 12.1 Å². The molecular formula is C20H19N3O4S. The van der Waals surface area contributed by atoms with Crippen LogP contribution in [0.25, 0.3) is 10.2 Å². The number of fused-ring (bicyclic) bond motifs is 4. The molecule has 1 aromatic carbocycles. The van der Waals surface area contributed by atoms with E-state index in [1.807, 2.05) is 0 Å². The first-order valence-corrected chi connectivity index (χ1v) is 10.2. The summed E-state index contributed by atoms with van der Waals surface area (Å²) >= 11 is 1.62. The minimum absolute atomic E-state index is 0.0874. The molecule has 0 atom stereocenters. The van der Waals surface area contributed by atoms with Crippen LogP contribution in [0.3, 0.4) is 0 Å². The molecule has 1 amide bonds. The number of thiophene rings is 1. The van der Waals surface area contributed by atoms with Crippen molar-refractivity contribution in [3.05, 3.63) is 44.8 Å². The predicted octanol–water partition coefficient (Wildman–Crippen LogP) is 3.16. The van der Waals surface area contributed by atoms with Crippen molar-refractivity contribution in [2.24, 2.45) is 0 Å². The van der Waals surface area contributed by atoms with Crippen molar-refractivity contribution in [1.29, 1.82) is 0 Å². The maximum absolute atomic E-state index is 12.6. The number of amides is 1. The summed E-state index contributed by atoms with van der Waals surface area (Å²) < 4.78 is 10.6. The lowest BCUT2D eigenvalue weighted by Crippen LogP contribution is -2.16.